The van der Waals surface area contributed by atoms with Crippen LogP contribution in [0.1, 0.15) is 64.2 Å². The minimum absolute atomic E-state index is 0.0348. The number of nitriles is 1. The van der Waals surface area contributed by atoms with Crippen LogP contribution in [-0.2, 0) is 14.3 Å². The van der Waals surface area contributed by atoms with Crippen molar-refractivity contribution in [3.8, 4) is 6.07 Å². The van der Waals surface area contributed by atoms with E-state index in [1.165, 1.54) is 6.42 Å². The van der Waals surface area contributed by atoms with Crippen molar-refractivity contribution in [2.75, 3.05) is 6.54 Å². The molecular formula is C23H32N4O3. The van der Waals surface area contributed by atoms with Gasteiger partial charge in [-0.3, -0.25) is 9.59 Å². The highest BCUT2D eigenvalue weighted by molar-refractivity contribution is 5.84. The number of likely N-dealkylation sites (tertiary alicyclic amines) is 1. The number of fused-ring (bicyclic) bond motifs is 1. The number of esters is 1. The molecule has 0 aromatic rings. The molecule has 2 aliphatic heterocycles. The lowest BCUT2D eigenvalue weighted by atomic mass is 9.46. The summed E-state index contributed by atoms with van der Waals surface area (Å²) in [4.78, 5) is 28.2. The number of hydrogen-bond donors (Lipinski definition) is 2. The number of hydrogen-bond acceptors (Lipinski definition) is 6. The first-order valence-electron chi connectivity index (χ1n) is 11.9. The molecule has 30 heavy (non-hydrogen) atoms. The van der Waals surface area contributed by atoms with Crippen LogP contribution in [0.2, 0.25) is 0 Å². The molecule has 162 valence electrons. The minimum Gasteiger partial charge on any atom is -0.458 e. The zero-order valence-corrected chi connectivity index (χ0v) is 17.5. The Bertz CT molecular complexity index is 802. The van der Waals surface area contributed by atoms with E-state index in [1.807, 2.05) is 4.90 Å². The predicted octanol–water partition coefficient (Wildman–Crippen LogP) is 1.46. The van der Waals surface area contributed by atoms with E-state index in [-0.39, 0.29) is 35.4 Å². The Balaban J connectivity index is 1.24. The first kappa shape index (κ1) is 19.1. The molecule has 5 saturated carbocycles. The van der Waals surface area contributed by atoms with Gasteiger partial charge in [-0.2, -0.15) is 5.26 Å². The number of nitrogens with zero attached hydrogens (tertiary/aromatic N) is 2. The smallest absolute Gasteiger partial charge is 0.323 e. The predicted molar refractivity (Wildman–Crippen MR) is 108 cm³/mol. The van der Waals surface area contributed by atoms with Crippen LogP contribution in [0.25, 0.3) is 0 Å². The van der Waals surface area contributed by atoms with E-state index in [1.54, 1.807) is 0 Å². The third kappa shape index (κ3) is 2.76. The second-order valence-electron chi connectivity index (χ2n) is 11.2. The van der Waals surface area contributed by atoms with Crippen LogP contribution in [0.15, 0.2) is 0 Å². The van der Waals surface area contributed by atoms with Crippen LogP contribution in [0.5, 0.6) is 0 Å². The largest absolute Gasteiger partial charge is 0.458 e. The van der Waals surface area contributed by atoms with Gasteiger partial charge in [0.05, 0.1) is 12.1 Å². The van der Waals surface area contributed by atoms with Crippen molar-refractivity contribution >= 4 is 11.9 Å². The molecule has 7 heteroatoms. The van der Waals surface area contributed by atoms with Gasteiger partial charge in [0.25, 0.3) is 0 Å². The van der Waals surface area contributed by atoms with E-state index in [0.717, 1.165) is 57.9 Å². The number of nitrogens with one attached hydrogen (secondary N) is 1. The molecular weight excluding hydrogens is 380 g/mol. The van der Waals surface area contributed by atoms with Crippen LogP contribution < -0.4 is 11.1 Å². The average molecular weight is 413 g/mol. The number of carbonyl (C=O) groups excluding carboxylic acids is 2. The van der Waals surface area contributed by atoms with E-state index in [0.29, 0.717) is 24.2 Å². The summed E-state index contributed by atoms with van der Waals surface area (Å²) in [5, 5.41) is 12.8. The maximum Gasteiger partial charge on any atom is 0.323 e. The summed E-state index contributed by atoms with van der Waals surface area (Å²) >= 11 is 0. The summed E-state index contributed by atoms with van der Waals surface area (Å²) in [5.74, 6) is 1.30. The summed E-state index contributed by atoms with van der Waals surface area (Å²) in [6.07, 6.45) is 9.29. The molecule has 2 saturated heterocycles. The maximum absolute atomic E-state index is 13.5. The fourth-order valence-electron chi connectivity index (χ4n) is 8.21. The Labute approximate surface area is 177 Å². The van der Waals surface area contributed by atoms with Crippen LogP contribution in [0.4, 0.5) is 0 Å². The SMILES string of the molecule is N#C[C@@H]1C[C@@H]2CC2N1C(=O)[C@@H](N)C12CC3CC(CC(OC(=O)[C@@H]4CCCN4)(C3)C1)C2. The van der Waals surface area contributed by atoms with Crippen molar-refractivity contribution in [2.45, 2.75) is 94.0 Å². The quantitative estimate of drug-likeness (QED) is 0.677. The van der Waals surface area contributed by atoms with Crippen LogP contribution in [0, 0.1) is 34.5 Å². The third-order valence-corrected chi connectivity index (χ3v) is 9.15. The fraction of sp³-hybridized carbons (Fsp3) is 0.870. The molecule has 0 aromatic heterocycles. The molecule has 0 aromatic carbocycles. The zero-order valence-electron chi connectivity index (χ0n) is 17.5. The van der Waals surface area contributed by atoms with Crippen molar-refractivity contribution in [3.05, 3.63) is 0 Å². The van der Waals surface area contributed by atoms with Gasteiger partial charge in [0.2, 0.25) is 5.91 Å². The van der Waals surface area contributed by atoms with E-state index in [9.17, 15) is 14.9 Å². The van der Waals surface area contributed by atoms with Crippen molar-refractivity contribution in [2.24, 2.45) is 28.9 Å². The summed E-state index contributed by atoms with van der Waals surface area (Å²) < 4.78 is 6.25. The number of ether oxygens (including phenoxy) is 1. The molecule has 5 aliphatic carbocycles. The van der Waals surface area contributed by atoms with Crippen molar-refractivity contribution < 1.29 is 14.3 Å². The fourth-order valence-corrected chi connectivity index (χ4v) is 8.21. The summed E-state index contributed by atoms with van der Waals surface area (Å²) in [6.45, 7) is 0.874. The van der Waals surface area contributed by atoms with Crippen molar-refractivity contribution in [1.29, 1.82) is 5.26 Å². The van der Waals surface area contributed by atoms with Gasteiger partial charge in [-0.05, 0) is 93.9 Å². The number of piperidine rings is 1. The highest BCUT2D eigenvalue weighted by Crippen LogP contribution is 2.64. The Morgan fingerprint density at radius 2 is 1.93 bits per heavy atom. The third-order valence-electron chi connectivity index (χ3n) is 9.15. The number of nitrogens with two attached hydrogens (primary N) is 1. The molecule has 7 nitrogen and oxygen atoms in total. The van der Waals surface area contributed by atoms with Crippen LogP contribution in [0.3, 0.4) is 0 Å². The van der Waals surface area contributed by atoms with Gasteiger partial charge in [0, 0.05) is 6.04 Å². The van der Waals surface area contributed by atoms with Gasteiger partial charge >= 0.3 is 5.97 Å². The molecule has 2 heterocycles. The van der Waals surface area contributed by atoms with Gasteiger partial charge in [-0.25, -0.2) is 0 Å². The Kier molecular flexibility index (Phi) is 4.09. The minimum atomic E-state index is -0.596. The first-order chi connectivity index (χ1) is 14.4. The Morgan fingerprint density at radius 1 is 1.17 bits per heavy atom. The van der Waals surface area contributed by atoms with E-state index >= 15 is 0 Å². The number of rotatable bonds is 4. The van der Waals surface area contributed by atoms with Gasteiger partial charge < -0.3 is 20.7 Å². The first-order valence-corrected chi connectivity index (χ1v) is 11.9. The Morgan fingerprint density at radius 3 is 2.60 bits per heavy atom. The average Bonchev–Trinajstić information content (AvgIpc) is 3.12. The van der Waals surface area contributed by atoms with E-state index in [2.05, 4.69) is 11.4 Å². The van der Waals surface area contributed by atoms with Gasteiger partial charge in [-0.1, -0.05) is 0 Å². The monoisotopic (exact) mass is 412 g/mol. The molecule has 1 amide bonds. The summed E-state index contributed by atoms with van der Waals surface area (Å²) in [6, 6.07) is 1.45. The van der Waals surface area contributed by atoms with Gasteiger partial charge in [-0.15, -0.1) is 0 Å². The molecule has 3 unspecified atom stereocenters. The highest BCUT2D eigenvalue weighted by Gasteiger charge is 2.64. The molecule has 4 bridgehead atoms. The lowest BCUT2D eigenvalue weighted by Crippen LogP contribution is -2.66. The number of carbonyl (C=O) groups is 2. The van der Waals surface area contributed by atoms with E-state index < -0.39 is 11.6 Å². The van der Waals surface area contributed by atoms with Crippen molar-refractivity contribution in [3.63, 3.8) is 0 Å². The molecule has 7 fully saturated rings. The van der Waals surface area contributed by atoms with E-state index in [4.69, 9.17) is 10.5 Å². The second-order valence-corrected chi connectivity index (χ2v) is 11.2. The molecule has 7 aliphatic rings. The van der Waals surface area contributed by atoms with Crippen LogP contribution >= 0.6 is 0 Å². The maximum atomic E-state index is 13.5. The summed E-state index contributed by atoms with van der Waals surface area (Å²) in [7, 11) is 0. The highest BCUT2D eigenvalue weighted by atomic mass is 16.6. The molecule has 7 rings (SSSR count). The number of amides is 1. The lowest BCUT2D eigenvalue weighted by molar-refractivity contribution is -0.207. The topological polar surface area (TPSA) is 108 Å². The standard InChI is InChI=1S/C23H32N4O3/c24-11-16-5-15-6-18(15)27(16)20(28)19(25)22-7-13-4-14(8-22)10-23(9-13,12-22)30-21(29)17-2-1-3-26-17/h13-19,26H,1-10,12,25H2/t13?,14?,15-,16+,17+,18?,19-,22?,23?/m1/s1. The van der Waals surface area contributed by atoms with Gasteiger partial charge in [0.1, 0.15) is 17.7 Å². The lowest BCUT2D eigenvalue weighted by Gasteiger charge is -2.62. The zero-order chi connectivity index (χ0) is 20.7. The molecule has 3 N–H and O–H groups in total. The van der Waals surface area contributed by atoms with Gasteiger partial charge in [0.15, 0.2) is 0 Å². The molecule has 7 atom stereocenters. The molecule has 0 spiro atoms. The second kappa shape index (κ2) is 6.43. The summed E-state index contributed by atoms with van der Waals surface area (Å²) in [5.41, 5.74) is 6.00. The molecule has 0 radical (unpaired) electrons. The van der Waals surface area contributed by atoms with Crippen molar-refractivity contribution in [1.82, 2.24) is 10.2 Å². The Hall–Kier alpha value is -1.65. The van der Waals surface area contributed by atoms with Crippen LogP contribution in [-0.4, -0.2) is 53.1 Å². The normalized spacial score (nSPS) is 48.9.